The summed E-state index contributed by atoms with van der Waals surface area (Å²) in [7, 11) is -1.66. The number of hydrazone groups is 1. The third-order valence-corrected chi connectivity index (χ3v) is 5.93. The first-order valence-electron chi connectivity index (χ1n) is 8.29. The number of fused-ring (bicyclic) bond motifs is 1. The Bertz CT molecular complexity index is 946. The van der Waals surface area contributed by atoms with E-state index in [0.29, 0.717) is 22.5 Å². The van der Waals surface area contributed by atoms with Crippen LogP contribution in [0.15, 0.2) is 63.4 Å². The number of rotatable bonds is 6. The van der Waals surface area contributed by atoms with Gasteiger partial charge in [-0.25, -0.2) is 18.7 Å². The lowest BCUT2D eigenvalue weighted by molar-refractivity contribution is 0.0536. The van der Waals surface area contributed by atoms with Crippen molar-refractivity contribution < 1.29 is 17.4 Å². The van der Waals surface area contributed by atoms with Crippen LogP contribution in [0.1, 0.15) is 18.1 Å². The number of allylic oxidation sites excluding steroid dienone is 1. The molecule has 148 valence electrons. The van der Waals surface area contributed by atoms with Gasteiger partial charge >= 0.3 is 5.92 Å². The van der Waals surface area contributed by atoms with Crippen LogP contribution in [0.3, 0.4) is 0 Å². The maximum atomic E-state index is 13.5. The normalized spacial score (nSPS) is 15.6. The van der Waals surface area contributed by atoms with Crippen molar-refractivity contribution in [1.82, 2.24) is 0 Å². The number of hydrogen-bond donors (Lipinski definition) is 1. The van der Waals surface area contributed by atoms with Gasteiger partial charge in [-0.2, -0.15) is 13.9 Å². The molecule has 0 saturated heterocycles. The number of nitrogens with two attached hydrogens (primary N) is 1. The summed E-state index contributed by atoms with van der Waals surface area (Å²) in [6.45, 7) is 0.0495. The molecule has 1 aliphatic rings. The molecule has 4 nitrogen and oxygen atoms in total. The molecular weight excluding hydrogens is 407 g/mol. The summed E-state index contributed by atoms with van der Waals surface area (Å²) in [6.07, 6.45) is 0.310. The molecule has 28 heavy (non-hydrogen) atoms. The number of thioether (sulfide) groups is 1. The zero-order chi connectivity index (χ0) is 20.3. The van der Waals surface area contributed by atoms with E-state index in [2.05, 4.69) is 5.10 Å². The number of anilines is 1. The van der Waals surface area contributed by atoms with Crippen LogP contribution in [0.4, 0.5) is 18.9 Å². The Morgan fingerprint density at radius 3 is 2.57 bits per heavy atom. The van der Waals surface area contributed by atoms with Crippen molar-refractivity contribution in [2.24, 2.45) is 10.2 Å². The smallest absolute Gasteiger partial charge is 0.248 e. The topological polar surface area (TPSA) is 58.7 Å². The molecule has 3 rings (SSSR count). The zero-order valence-electron chi connectivity index (χ0n) is 14.9. The monoisotopic (exact) mass is 425 g/mol. The van der Waals surface area contributed by atoms with E-state index in [-0.39, 0.29) is 0 Å². The molecule has 1 atom stereocenters. The van der Waals surface area contributed by atoms with E-state index in [1.807, 2.05) is 31.2 Å². The van der Waals surface area contributed by atoms with Crippen LogP contribution in [0.2, 0.25) is 0 Å². The second kappa shape index (κ2) is 8.50. The van der Waals surface area contributed by atoms with Gasteiger partial charge in [0.1, 0.15) is 11.0 Å². The second-order valence-electron chi connectivity index (χ2n) is 6.09. The first kappa shape index (κ1) is 20.6. The Hall–Kier alpha value is -2.10. The predicted molar refractivity (Wildman–Crippen MR) is 109 cm³/mol. The molecule has 0 fully saturated rings. The molecule has 2 aromatic carbocycles. The highest BCUT2D eigenvalue weighted by molar-refractivity contribution is 8.02. The standard InChI is InChI=1S/C19H18F3N3OS2/c1-13-18(17-5-3-2-4-14(17)10-27-13)25(24-12-19(21,22)11-20)15-6-8-16(9-7-15)28(23)26/h2-9,12H,10-11,23H2,1H3/b24-12+. The molecule has 0 aromatic heterocycles. The highest BCUT2D eigenvalue weighted by Crippen LogP contribution is 2.41. The van der Waals surface area contributed by atoms with Gasteiger partial charge in [0.25, 0.3) is 0 Å². The summed E-state index contributed by atoms with van der Waals surface area (Å²) in [5.74, 6) is -2.92. The molecule has 0 amide bonds. The number of hydrogen-bond acceptors (Lipinski definition) is 4. The minimum atomic E-state index is -3.67. The Morgan fingerprint density at radius 2 is 1.93 bits per heavy atom. The van der Waals surface area contributed by atoms with Crippen molar-refractivity contribution in [3.8, 4) is 0 Å². The predicted octanol–water partition coefficient (Wildman–Crippen LogP) is 4.70. The van der Waals surface area contributed by atoms with Crippen molar-refractivity contribution >= 4 is 40.3 Å². The third-order valence-electron chi connectivity index (χ3n) is 4.12. The van der Waals surface area contributed by atoms with Crippen molar-refractivity contribution in [1.29, 1.82) is 0 Å². The quantitative estimate of drug-likeness (QED) is 0.539. The van der Waals surface area contributed by atoms with Crippen LogP contribution >= 0.6 is 11.8 Å². The molecule has 0 radical (unpaired) electrons. The molecule has 2 N–H and O–H groups in total. The molecule has 0 bridgehead atoms. The highest BCUT2D eigenvalue weighted by Gasteiger charge is 2.28. The first-order valence-corrected chi connectivity index (χ1v) is 10.5. The summed E-state index contributed by atoms with van der Waals surface area (Å²) in [6, 6.07) is 13.9. The summed E-state index contributed by atoms with van der Waals surface area (Å²) in [4.78, 5) is 1.29. The Morgan fingerprint density at radius 1 is 1.25 bits per heavy atom. The molecule has 1 heterocycles. The first-order chi connectivity index (χ1) is 13.3. The number of benzene rings is 2. The van der Waals surface area contributed by atoms with E-state index in [4.69, 9.17) is 5.14 Å². The summed E-state index contributed by atoms with van der Waals surface area (Å²) in [5.41, 5.74) is 3.02. The Balaban J connectivity index is 2.12. The maximum Gasteiger partial charge on any atom is 0.312 e. The van der Waals surface area contributed by atoms with E-state index in [1.165, 1.54) is 5.01 Å². The van der Waals surface area contributed by atoms with Crippen molar-refractivity contribution in [2.45, 2.75) is 23.5 Å². The van der Waals surface area contributed by atoms with Gasteiger partial charge in [0, 0.05) is 16.2 Å². The lowest BCUT2D eigenvalue weighted by Gasteiger charge is -2.29. The van der Waals surface area contributed by atoms with E-state index in [1.54, 1.807) is 36.0 Å². The average Bonchev–Trinajstić information content (AvgIpc) is 2.69. The van der Waals surface area contributed by atoms with Crippen LogP contribution in [0.25, 0.3) is 5.70 Å². The molecule has 2 aromatic rings. The van der Waals surface area contributed by atoms with Crippen LogP contribution in [0, 0.1) is 0 Å². The summed E-state index contributed by atoms with van der Waals surface area (Å²) in [5, 5.41) is 10.7. The lowest BCUT2D eigenvalue weighted by Crippen LogP contribution is -2.25. The van der Waals surface area contributed by atoms with Crippen LogP contribution in [-0.2, 0) is 16.7 Å². The van der Waals surface area contributed by atoms with E-state index in [0.717, 1.165) is 21.8 Å². The minimum absolute atomic E-state index is 0.310. The van der Waals surface area contributed by atoms with Gasteiger partial charge in [-0.15, -0.1) is 11.8 Å². The highest BCUT2D eigenvalue weighted by atomic mass is 32.2. The average molecular weight is 426 g/mol. The minimum Gasteiger partial charge on any atom is -0.248 e. The van der Waals surface area contributed by atoms with Gasteiger partial charge < -0.3 is 0 Å². The lowest BCUT2D eigenvalue weighted by atomic mass is 10.0. The number of alkyl halides is 3. The molecule has 1 unspecified atom stereocenters. The molecule has 0 aliphatic carbocycles. The molecule has 0 saturated carbocycles. The fourth-order valence-corrected chi connectivity index (χ4v) is 4.10. The van der Waals surface area contributed by atoms with Crippen molar-refractivity contribution in [3.05, 3.63) is 64.6 Å². The van der Waals surface area contributed by atoms with E-state index < -0.39 is 23.6 Å². The van der Waals surface area contributed by atoms with Crippen molar-refractivity contribution in [3.63, 3.8) is 0 Å². The maximum absolute atomic E-state index is 13.5. The fourth-order valence-electron chi connectivity index (χ4n) is 2.74. The van der Waals surface area contributed by atoms with Crippen LogP contribution < -0.4 is 10.1 Å². The molecular formula is C19H18F3N3OS2. The summed E-state index contributed by atoms with van der Waals surface area (Å²) < 4.78 is 51.1. The van der Waals surface area contributed by atoms with E-state index >= 15 is 0 Å². The SMILES string of the molecule is CC1=C(N(/N=C/C(F)(F)CF)c2ccc(S(N)=O)cc2)c2ccccc2CS1. The van der Waals surface area contributed by atoms with Gasteiger partial charge in [-0.05, 0) is 36.8 Å². The van der Waals surface area contributed by atoms with Gasteiger partial charge in [0.05, 0.1) is 22.5 Å². The van der Waals surface area contributed by atoms with Crippen molar-refractivity contribution in [2.75, 3.05) is 11.7 Å². The number of nitrogens with zero attached hydrogens (tertiary/aromatic N) is 2. The van der Waals surface area contributed by atoms with Crippen LogP contribution in [-0.4, -0.2) is 23.0 Å². The van der Waals surface area contributed by atoms with Gasteiger partial charge in [0.15, 0.2) is 6.67 Å². The third kappa shape index (κ3) is 4.48. The molecule has 0 spiro atoms. The zero-order valence-corrected chi connectivity index (χ0v) is 16.6. The molecule has 9 heteroatoms. The molecule has 1 aliphatic heterocycles. The van der Waals surface area contributed by atoms with Gasteiger partial charge in [0.2, 0.25) is 0 Å². The fraction of sp³-hybridized carbons (Fsp3) is 0.211. The second-order valence-corrected chi connectivity index (χ2v) is 8.35. The Kier molecular flexibility index (Phi) is 6.26. The summed E-state index contributed by atoms with van der Waals surface area (Å²) >= 11 is 1.57. The van der Waals surface area contributed by atoms with Gasteiger partial charge in [-0.3, -0.25) is 0 Å². The number of halogens is 3. The Labute approximate surface area is 167 Å². The van der Waals surface area contributed by atoms with E-state index in [9.17, 15) is 17.4 Å². The van der Waals surface area contributed by atoms with Gasteiger partial charge in [-0.1, -0.05) is 24.3 Å². The largest absolute Gasteiger partial charge is 0.312 e. The van der Waals surface area contributed by atoms with Crippen LogP contribution in [0.5, 0.6) is 0 Å².